The zero-order chi connectivity index (χ0) is 20.5. The van der Waals surface area contributed by atoms with Crippen LogP contribution in [-0.2, 0) is 0 Å². The van der Waals surface area contributed by atoms with E-state index < -0.39 is 0 Å². The predicted molar refractivity (Wildman–Crippen MR) is 120 cm³/mol. The maximum atomic E-state index is 5.12. The van der Waals surface area contributed by atoms with Gasteiger partial charge in [-0.05, 0) is 40.9 Å². The van der Waals surface area contributed by atoms with Gasteiger partial charge in [-0.3, -0.25) is 4.98 Å². The number of pyridine rings is 2. The third kappa shape index (κ3) is 3.58. The average molecular weight is 464 g/mol. The number of rotatable bonds is 4. The summed E-state index contributed by atoms with van der Waals surface area (Å²) in [6, 6.07) is 7.86. The fourth-order valence-electron chi connectivity index (χ4n) is 4.15. The molecular weight excluding hydrogens is 442 g/mol. The molecule has 4 heterocycles. The Labute approximate surface area is 183 Å². The number of hydrogen-bond acceptors (Lipinski definition) is 5. The van der Waals surface area contributed by atoms with Crippen LogP contribution in [0.4, 0.5) is 0 Å². The third-order valence-electron chi connectivity index (χ3n) is 5.78. The number of aromatic nitrogens is 5. The Hall–Kier alpha value is -2.80. The van der Waals surface area contributed by atoms with Crippen LogP contribution in [0.2, 0.25) is 0 Å². The number of halogens is 1. The van der Waals surface area contributed by atoms with E-state index in [1.54, 1.807) is 13.3 Å². The molecule has 1 fully saturated rings. The molecular formula is C23H22BrN5O. The minimum Gasteiger partial charge on any atom is -0.481 e. The molecule has 0 radical (unpaired) electrons. The maximum Gasteiger partial charge on any atom is 0.212 e. The Bertz CT molecular complexity index is 1160. The summed E-state index contributed by atoms with van der Waals surface area (Å²) in [5.41, 5.74) is 5.83. The average Bonchev–Trinajstić information content (AvgIpc) is 3.22. The van der Waals surface area contributed by atoms with Gasteiger partial charge in [-0.1, -0.05) is 25.3 Å². The lowest BCUT2D eigenvalue weighted by Crippen LogP contribution is -2.09. The highest BCUT2D eigenvalue weighted by Gasteiger charge is 2.21. The van der Waals surface area contributed by atoms with Gasteiger partial charge in [-0.25, -0.2) is 14.5 Å². The molecule has 0 saturated heterocycles. The smallest absolute Gasteiger partial charge is 0.212 e. The van der Waals surface area contributed by atoms with Crippen LogP contribution in [0.5, 0.6) is 5.88 Å². The molecule has 0 spiro atoms. The molecule has 0 bridgehead atoms. The Morgan fingerprint density at radius 2 is 1.77 bits per heavy atom. The van der Waals surface area contributed by atoms with Gasteiger partial charge in [0.1, 0.15) is 0 Å². The van der Waals surface area contributed by atoms with Gasteiger partial charge in [0.25, 0.3) is 0 Å². The molecule has 5 rings (SSSR count). The molecule has 0 N–H and O–H groups in total. The lowest BCUT2D eigenvalue weighted by atomic mass is 9.87. The van der Waals surface area contributed by atoms with E-state index in [1.807, 2.05) is 41.3 Å². The molecule has 0 aromatic carbocycles. The van der Waals surface area contributed by atoms with Crippen molar-refractivity contribution in [3.63, 3.8) is 0 Å². The van der Waals surface area contributed by atoms with Crippen LogP contribution in [0.1, 0.15) is 43.7 Å². The van der Waals surface area contributed by atoms with Crippen molar-refractivity contribution in [1.29, 1.82) is 0 Å². The van der Waals surface area contributed by atoms with E-state index in [2.05, 4.69) is 37.1 Å². The van der Waals surface area contributed by atoms with Gasteiger partial charge in [0, 0.05) is 47.3 Å². The zero-order valence-electron chi connectivity index (χ0n) is 16.8. The van der Waals surface area contributed by atoms with Crippen LogP contribution in [0.3, 0.4) is 0 Å². The molecule has 6 nitrogen and oxygen atoms in total. The summed E-state index contributed by atoms with van der Waals surface area (Å²) < 4.78 is 8.00. The third-order valence-corrected chi connectivity index (χ3v) is 6.39. The second-order valence-corrected chi connectivity index (χ2v) is 8.51. The van der Waals surface area contributed by atoms with Gasteiger partial charge in [-0.15, -0.1) is 0 Å². The van der Waals surface area contributed by atoms with Crippen molar-refractivity contribution < 1.29 is 4.74 Å². The van der Waals surface area contributed by atoms with Crippen molar-refractivity contribution in [2.75, 3.05) is 7.11 Å². The topological polar surface area (TPSA) is 65.2 Å². The summed E-state index contributed by atoms with van der Waals surface area (Å²) in [7, 11) is 1.61. The van der Waals surface area contributed by atoms with Crippen LogP contribution >= 0.6 is 15.9 Å². The molecule has 1 aliphatic rings. The minimum absolute atomic E-state index is 0.518. The summed E-state index contributed by atoms with van der Waals surface area (Å²) in [6.07, 6.45) is 13.8. The molecule has 1 aliphatic carbocycles. The summed E-state index contributed by atoms with van der Waals surface area (Å²) >= 11 is 3.71. The first-order valence-electron chi connectivity index (χ1n) is 10.2. The van der Waals surface area contributed by atoms with E-state index in [0.29, 0.717) is 11.8 Å². The van der Waals surface area contributed by atoms with Crippen molar-refractivity contribution in [1.82, 2.24) is 24.6 Å². The molecule has 0 aliphatic heterocycles. The normalized spacial score (nSPS) is 14.9. The highest BCUT2D eigenvalue weighted by molar-refractivity contribution is 9.10. The second kappa shape index (κ2) is 8.14. The summed E-state index contributed by atoms with van der Waals surface area (Å²) in [4.78, 5) is 13.9. The van der Waals surface area contributed by atoms with Crippen molar-refractivity contribution in [3.8, 4) is 28.3 Å². The Kier molecular flexibility index (Phi) is 5.21. The molecule has 0 unspecified atom stereocenters. The first-order chi connectivity index (χ1) is 14.7. The van der Waals surface area contributed by atoms with Crippen molar-refractivity contribution in [2.24, 2.45) is 0 Å². The van der Waals surface area contributed by atoms with Crippen LogP contribution in [0, 0.1) is 0 Å². The van der Waals surface area contributed by atoms with E-state index >= 15 is 0 Å². The Morgan fingerprint density at radius 1 is 0.967 bits per heavy atom. The molecule has 152 valence electrons. The number of ether oxygens (including phenoxy) is 1. The van der Waals surface area contributed by atoms with Crippen LogP contribution in [-0.4, -0.2) is 31.7 Å². The van der Waals surface area contributed by atoms with Crippen molar-refractivity contribution in [3.05, 3.63) is 59.2 Å². The van der Waals surface area contributed by atoms with Gasteiger partial charge in [-0.2, -0.15) is 5.10 Å². The SMILES string of the molecule is COc1ccc(-c2ccc(-c3cnn4cc(Br)c(C5CCCCC5)nc34)cn2)cn1. The van der Waals surface area contributed by atoms with Crippen molar-refractivity contribution >= 4 is 21.6 Å². The van der Waals surface area contributed by atoms with E-state index in [9.17, 15) is 0 Å². The first kappa shape index (κ1) is 19.2. The van der Waals surface area contributed by atoms with E-state index in [0.717, 1.165) is 38.2 Å². The van der Waals surface area contributed by atoms with E-state index in [-0.39, 0.29) is 0 Å². The monoisotopic (exact) mass is 463 g/mol. The standard InChI is InChI=1S/C23H22BrN5O/c1-30-21-10-8-17(12-26-21)20-9-7-16(11-25-20)18-13-27-29-14-19(24)22(28-23(18)29)15-5-3-2-4-6-15/h7-15H,2-6H2,1H3. The molecule has 0 amide bonds. The Morgan fingerprint density at radius 3 is 2.47 bits per heavy atom. The maximum absolute atomic E-state index is 5.12. The Balaban J connectivity index is 1.49. The van der Waals surface area contributed by atoms with Gasteiger partial charge in [0.2, 0.25) is 5.88 Å². The summed E-state index contributed by atoms with van der Waals surface area (Å²) in [5.74, 6) is 1.11. The van der Waals surface area contributed by atoms with Crippen molar-refractivity contribution in [2.45, 2.75) is 38.0 Å². The number of nitrogens with zero attached hydrogens (tertiary/aromatic N) is 5. The fraction of sp³-hybridized carbons (Fsp3) is 0.304. The first-order valence-corrected chi connectivity index (χ1v) is 11.0. The van der Waals surface area contributed by atoms with Crippen LogP contribution in [0.25, 0.3) is 28.0 Å². The predicted octanol–water partition coefficient (Wildman–Crippen LogP) is 5.67. The summed E-state index contributed by atoms with van der Waals surface area (Å²) in [6.45, 7) is 0. The molecule has 0 atom stereocenters. The molecule has 4 aromatic rings. The number of hydrogen-bond donors (Lipinski definition) is 0. The van der Waals surface area contributed by atoms with Gasteiger partial charge in [0.05, 0.1) is 29.2 Å². The highest BCUT2D eigenvalue weighted by Crippen LogP contribution is 2.36. The van der Waals surface area contributed by atoms with Crippen LogP contribution < -0.4 is 4.74 Å². The highest BCUT2D eigenvalue weighted by atomic mass is 79.9. The summed E-state index contributed by atoms with van der Waals surface area (Å²) in [5, 5.41) is 4.51. The fourth-order valence-corrected chi connectivity index (χ4v) is 4.75. The molecule has 1 saturated carbocycles. The van der Waals surface area contributed by atoms with E-state index in [4.69, 9.17) is 9.72 Å². The molecule has 7 heteroatoms. The number of fused-ring (bicyclic) bond motifs is 1. The zero-order valence-corrected chi connectivity index (χ0v) is 18.3. The second-order valence-electron chi connectivity index (χ2n) is 7.66. The molecule has 4 aromatic heterocycles. The van der Waals surface area contributed by atoms with Gasteiger partial charge >= 0.3 is 0 Å². The number of methoxy groups -OCH3 is 1. The largest absolute Gasteiger partial charge is 0.481 e. The van der Waals surface area contributed by atoms with Gasteiger partial charge < -0.3 is 4.74 Å². The van der Waals surface area contributed by atoms with Gasteiger partial charge in [0.15, 0.2) is 5.65 Å². The van der Waals surface area contributed by atoms with E-state index in [1.165, 1.54) is 32.1 Å². The lowest BCUT2D eigenvalue weighted by molar-refractivity contribution is 0.398. The quantitative estimate of drug-likeness (QED) is 0.389. The minimum atomic E-state index is 0.518. The molecule has 30 heavy (non-hydrogen) atoms. The van der Waals surface area contributed by atoms with Crippen LogP contribution in [0.15, 0.2) is 53.5 Å². The lowest BCUT2D eigenvalue weighted by Gasteiger charge is -2.22.